The molecule has 1 saturated heterocycles. The van der Waals surface area contributed by atoms with Gasteiger partial charge in [0.15, 0.2) is 0 Å². The van der Waals surface area contributed by atoms with E-state index in [0.717, 1.165) is 0 Å². The molecular weight excluding hydrogens is 400 g/mol. The van der Waals surface area contributed by atoms with Crippen LogP contribution in [0.2, 0.25) is 5.02 Å². The van der Waals surface area contributed by atoms with Crippen molar-refractivity contribution in [2.75, 3.05) is 31.0 Å². The molecule has 1 aliphatic rings. The summed E-state index contributed by atoms with van der Waals surface area (Å²) in [5.41, 5.74) is 0.152. The second-order valence-electron chi connectivity index (χ2n) is 5.61. The van der Waals surface area contributed by atoms with Gasteiger partial charge in [0, 0.05) is 18.1 Å². The molecule has 0 atom stereocenters. The van der Waals surface area contributed by atoms with Crippen LogP contribution in [0.5, 0.6) is 0 Å². The van der Waals surface area contributed by atoms with E-state index in [0.29, 0.717) is 13.2 Å². The van der Waals surface area contributed by atoms with Crippen molar-refractivity contribution in [1.29, 1.82) is 0 Å². The smallest absolute Gasteiger partial charge is 0.261 e. The second-order valence-corrected chi connectivity index (χ2v) is 9.66. The Morgan fingerprint density at radius 1 is 0.923 bits per heavy atom. The van der Waals surface area contributed by atoms with Crippen LogP contribution in [0.25, 0.3) is 0 Å². The third kappa shape index (κ3) is 4.18. The lowest BCUT2D eigenvalue weighted by molar-refractivity contribution is 0.0730. The molecule has 0 aliphatic carbocycles. The van der Waals surface area contributed by atoms with E-state index >= 15 is 0 Å². The molecule has 7 nitrogen and oxygen atoms in total. The molecule has 0 spiro atoms. The Kier molecular flexibility index (Phi) is 5.54. The zero-order chi connectivity index (χ0) is 18.8. The number of hydrogen-bond donors (Lipinski definition) is 1. The van der Waals surface area contributed by atoms with Crippen LogP contribution < -0.4 is 4.72 Å². The highest BCUT2D eigenvalue weighted by Gasteiger charge is 2.26. The highest BCUT2D eigenvalue weighted by Crippen LogP contribution is 2.23. The van der Waals surface area contributed by atoms with Crippen LogP contribution in [0.15, 0.2) is 58.3 Å². The predicted molar refractivity (Wildman–Crippen MR) is 98.3 cm³/mol. The van der Waals surface area contributed by atoms with E-state index < -0.39 is 20.0 Å². The largest absolute Gasteiger partial charge is 0.379 e. The van der Waals surface area contributed by atoms with Gasteiger partial charge in [-0.15, -0.1) is 0 Å². The van der Waals surface area contributed by atoms with Gasteiger partial charge < -0.3 is 4.74 Å². The number of hydrogen-bond acceptors (Lipinski definition) is 5. The van der Waals surface area contributed by atoms with Crippen LogP contribution in [0.4, 0.5) is 5.69 Å². The lowest BCUT2D eigenvalue weighted by Gasteiger charge is -2.26. The highest BCUT2D eigenvalue weighted by molar-refractivity contribution is 7.92. The van der Waals surface area contributed by atoms with E-state index in [4.69, 9.17) is 16.3 Å². The molecule has 0 aromatic heterocycles. The number of halogens is 1. The number of nitrogens with one attached hydrogen (secondary N) is 1. The van der Waals surface area contributed by atoms with E-state index in [9.17, 15) is 16.8 Å². The molecule has 1 heterocycles. The number of morpholine rings is 1. The molecule has 140 valence electrons. The summed E-state index contributed by atoms with van der Waals surface area (Å²) in [6.07, 6.45) is 0. The molecule has 0 unspecified atom stereocenters. The number of rotatable bonds is 5. The van der Waals surface area contributed by atoms with E-state index in [1.54, 1.807) is 6.07 Å². The van der Waals surface area contributed by atoms with Crippen molar-refractivity contribution in [2.24, 2.45) is 0 Å². The normalized spacial score (nSPS) is 16.3. The molecule has 2 aromatic rings. The summed E-state index contributed by atoms with van der Waals surface area (Å²) in [4.78, 5) is 0.0112. The Balaban J connectivity index is 1.88. The van der Waals surface area contributed by atoms with Crippen LogP contribution in [0, 0.1) is 0 Å². The molecule has 10 heteroatoms. The summed E-state index contributed by atoms with van der Waals surface area (Å²) in [6, 6.07) is 11.5. The number of ether oxygens (including phenoxy) is 1. The van der Waals surface area contributed by atoms with Gasteiger partial charge in [-0.05, 0) is 36.4 Å². The summed E-state index contributed by atoms with van der Waals surface area (Å²) >= 11 is 5.84. The molecular formula is C16H17ClN2O5S2. The fraction of sp³-hybridized carbons (Fsp3) is 0.250. The zero-order valence-corrected chi connectivity index (χ0v) is 16.0. The average molecular weight is 417 g/mol. The average Bonchev–Trinajstić information content (AvgIpc) is 2.62. The van der Waals surface area contributed by atoms with Gasteiger partial charge >= 0.3 is 0 Å². The fourth-order valence-corrected chi connectivity index (χ4v) is 5.31. The van der Waals surface area contributed by atoms with Crippen molar-refractivity contribution in [3.8, 4) is 0 Å². The van der Waals surface area contributed by atoms with Crippen LogP contribution >= 0.6 is 11.6 Å². The molecule has 0 radical (unpaired) electrons. The van der Waals surface area contributed by atoms with E-state index in [2.05, 4.69) is 4.72 Å². The number of sulfonamides is 2. The minimum atomic E-state index is -3.89. The Bertz CT molecular complexity index is 1000. The first kappa shape index (κ1) is 19.1. The number of nitrogens with zero attached hydrogens (tertiary/aromatic N) is 1. The molecule has 26 heavy (non-hydrogen) atoms. The van der Waals surface area contributed by atoms with Crippen molar-refractivity contribution >= 4 is 37.3 Å². The fourth-order valence-electron chi connectivity index (χ4n) is 2.50. The van der Waals surface area contributed by atoms with Crippen LogP contribution in [-0.2, 0) is 24.8 Å². The van der Waals surface area contributed by atoms with Gasteiger partial charge in [0.1, 0.15) is 0 Å². The van der Waals surface area contributed by atoms with Crippen LogP contribution in [0.1, 0.15) is 0 Å². The predicted octanol–water partition coefficient (Wildman–Crippen LogP) is 2.16. The van der Waals surface area contributed by atoms with E-state index in [-0.39, 0.29) is 33.6 Å². The number of benzene rings is 2. The van der Waals surface area contributed by atoms with Gasteiger partial charge in [-0.3, -0.25) is 4.72 Å². The maximum absolute atomic E-state index is 12.7. The summed E-state index contributed by atoms with van der Waals surface area (Å²) in [7, 11) is -7.60. The van der Waals surface area contributed by atoms with Crippen molar-refractivity contribution in [3.63, 3.8) is 0 Å². The molecule has 1 aliphatic heterocycles. The van der Waals surface area contributed by atoms with Gasteiger partial charge in [0.25, 0.3) is 10.0 Å². The zero-order valence-electron chi connectivity index (χ0n) is 13.6. The molecule has 1 N–H and O–H groups in total. The quantitative estimate of drug-likeness (QED) is 0.806. The Morgan fingerprint density at radius 3 is 2.27 bits per heavy atom. The standard InChI is InChI=1S/C16H17ClN2O5S2/c17-13-3-1-5-15(11-13)25(20,21)18-14-4-2-6-16(12-14)26(22,23)19-7-9-24-10-8-19/h1-6,11-12,18H,7-10H2. The lowest BCUT2D eigenvalue weighted by Crippen LogP contribution is -2.40. The topological polar surface area (TPSA) is 92.8 Å². The SMILES string of the molecule is O=S(=O)(Nc1cccc(S(=O)(=O)N2CCOCC2)c1)c1cccc(Cl)c1. The molecule has 0 bridgehead atoms. The molecule has 0 saturated carbocycles. The first-order chi connectivity index (χ1) is 12.3. The number of anilines is 1. The van der Waals surface area contributed by atoms with E-state index in [1.807, 2.05) is 0 Å². The van der Waals surface area contributed by atoms with Gasteiger partial charge in [0.05, 0.1) is 28.7 Å². The first-order valence-electron chi connectivity index (χ1n) is 7.75. The highest BCUT2D eigenvalue weighted by atomic mass is 35.5. The van der Waals surface area contributed by atoms with Gasteiger partial charge in [-0.25, -0.2) is 16.8 Å². The summed E-state index contributed by atoms with van der Waals surface area (Å²) < 4.78 is 59.2. The van der Waals surface area contributed by atoms with Gasteiger partial charge in [-0.1, -0.05) is 23.7 Å². The van der Waals surface area contributed by atoms with Crippen LogP contribution in [-0.4, -0.2) is 47.4 Å². The van der Waals surface area contributed by atoms with Gasteiger partial charge in [0.2, 0.25) is 10.0 Å². The van der Waals surface area contributed by atoms with Crippen LogP contribution in [0.3, 0.4) is 0 Å². The van der Waals surface area contributed by atoms with Crippen molar-refractivity contribution in [1.82, 2.24) is 4.31 Å². The van der Waals surface area contributed by atoms with Gasteiger partial charge in [-0.2, -0.15) is 4.31 Å². The Labute approximate surface area is 157 Å². The summed E-state index contributed by atoms with van der Waals surface area (Å²) in [6.45, 7) is 1.20. The monoisotopic (exact) mass is 416 g/mol. The minimum Gasteiger partial charge on any atom is -0.379 e. The molecule has 2 aromatic carbocycles. The van der Waals surface area contributed by atoms with Crippen molar-refractivity contribution < 1.29 is 21.6 Å². The summed E-state index contributed by atoms with van der Waals surface area (Å²) in [5, 5.41) is 0.288. The maximum Gasteiger partial charge on any atom is 0.261 e. The first-order valence-corrected chi connectivity index (χ1v) is 11.1. The molecule has 3 rings (SSSR count). The van der Waals surface area contributed by atoms with Crippen molar-refractivity contribution in [2.45, 2.75) is 9.79 Å². The summed E-state index contributed by atoms with van der Waals surface area (Å²) in [5.74, 6) is 0. The lowest BCUT2D eigenvalue weighted by atomic mass is 10.3. The Morgan fingerprint density at radius 2 is 1.58 bits per heavy atom. The van der Waals surface area contributed by atoms with E-state index in [1.165, 1.54) is 46.8 Å². The second kappa shape index (κ2) is 7.53. The third-order valence-corrected chi connectivity index (χ3v) is 7.31. The van der Waals surface area contributed by atoms with Crippen molar-refractivity contribution in [3.05, 3.63) is 53.6 Å². The minimum absolute atomic E-state index is 0.00793. The Hall–Kier alpha value is -1.65. The molecule has 0 amide bonds. The molecule has 1 fully saturated rings. The maximum atomic E-state index is 12.7. The third-order valence-electron chi connectivity index (χ3n) is 3.80.